The van der Waals surface area contributed by atoms with Gasteiger partial charge < -0.3 is 0 Å². The maximum atomic E-state index is 12.1. The maximum absolute atomic E-state index is 12.1. The van der Waals surface area contributed by atoms with E-state index in [1.165, 1.54) is 5.01 Å². The minimum Gasteiger partial charge on any atom is -0.286 e. The molecule has 0 saturated carbocycles. The van der Waals surface area contributed by atoms with Crippen molar-refractivity contribution in [3.63, 3.8) is 0 Å². The maximum Gasteiger partial charge on any atom is 0.310 e. The van der Waals surface area contributed by atoms with Crippen molar-refractivity contribution < 1.29 is 9.59 Å². The van der Waals surface area contributed by atoms with Crippen molar-refractivity contribution in [1.82, 2.24) is 5.43 Å². The lowest BCUT2D eigenvalue weighted by molar-refractivity contribution is -0.134. The molecule has 1 atom stereocenters. The lowest BCUT2D eigenvalue weighted by atomic mass is 10.0. The van der Waals surface area contributed by atoms with Crippen LogP contribution in [-0.4, -0.2) is 11.7 Å². The lowest BCUT2D eigenvalue weighted by Crippen LogP contribution is -2.35. The van der Waals surface area contributed by atoms with Crippen molar-refractivity contribution >= 4 is 29.0 Å². The largest absolute Gasteiger partial charge is 0.310 e. The fourth-order valence-corrected chi connectivity index (χ4v) is 2.26. The van der Waals surface area contributed by atoms with Crippen molar-refractivity contribution in [3.8, 4) is 0 Å². The normalized spacial score (nSPS) is 18.6. The Morgan fingerprint density at radius 2 is 1.60 bits per heavy atom. The first-order valence-corrected chi connectivity index (χ1v) is 6.49. The number of nitrogens with zero attached hydrogens (tertiary/aromatic N) is 1. The Morgan fingerprint density at radius 3 is 2.25 bits per heavy atom. The monoisotopic (exact) mass is 286 g/mol. The molecule has 1 saturated heterocycles. The van der Waals surface area contributed by atoms with Crippen molar-refractivity contribution in [3.05, 3.63) is 65.2 Å². The summed E-state index contributed by atoms with van der Waals surface area (Å²) in [6.07, 6.45) is 0. The molecule has 1 N–H and O–H groups in total. The van der Waals surface area contributed by atoms with Crippen LogP contribution in [-0.2, 0) is 9.59 Å². The Bertz CT molecular complexity index is 655. The van der Waals surface area contributed by atoms with Gasteiger partial charge in [-0.15, -0.1) is 0 Å². The van der Waals surface area contributed by atoms with Gasteiger partial charge in [0.2, 0.25) is 5.78 Å². The zero-order chi connectivity index (χ0) is 14.1. The van der Waals surface area contributed by atoms with Crippen LogP contribution in [0.2, 0.25) is 5.02 Å². The highest BCUT2D eigenvalue weighted by Gasteiger charge is 2.40. The summed E-state index contributed by atoms with van der Waals surface area (Å²) in [6.45, 7) is 0. The molecular weight excluding hydrogens is 276 g/mol. The van der Waals surface area contributed by atoms with Crippen molar-refractivity contribution in [2.75, 3.05) is 5.01 Å². The quantitative estimate of drug-likeness (QED) is 0.863. The predicted molar refractivity (Wildman–Crippen MR) is 76.3 cm³/mol. The molecule has 1 unspecified atom stereocenters. The zero-order valence-corrected chi connectivity index (χ0v) is 11.2. The summed E-state index contributed by atoms with van der Waals surface area (Å²) in [4.78, 5) is 24.1. The third kappa shape index (κ3) is 2.19. The first kappa shape index (κ1) is 12.8. The fourth-order valence-electron chi connectivity index (χ4n) is 2.13. The van der Waals surface area contributed by atoms with Crippen LogP contribution in [0, 0.1) is 0 Å². The average Bonchev–Trinajstić information content (AvgIpc) is 2.77. The number of amides is 1. The highest BCUT2D eigenvalue weighted by Crippen LogP contribution is 2.26. The zero-order valence-electron chi connectivity index (χ0n) is 10.4. The summed E-state index contributed by atoms with van der Waals surface area (Å²) in [5.41, 5.74) is 4.29. The van der Waals surface area contributed by atoms with Gasteiger partial charge in [0, 0.05) is 5.02 Å². The number of benzene rings is 2. The van der Waals surface area contributed by atoms with Crippen molar-refractivity contribution in [1.29, 1.82) is 0 Å². The van der Waals surface area contributed by atoms with E-state index in [9.17, 15) is 9.59 Å². The Hall–Kier alpha value is -2.17. The van der Waals surface area contributed by atoms with E-state index in [1.54, 1.807) is 24.3 Å². The Morgan fingerprint density at radius 1 is 0.950 bits per heavy atom. The van der Waals surface area contributed by atoms with Gasteiger partial charge in [-0.05, 0) is 29.8 Å². The smallest absolute Gasteiger partial charge is 0.286 e. The summed E-state index contributed by atoms with van der Waals surface area (Å²) in [6, 6.07) is 15.2. The van der Waals surface area contributed by atoms with E-state index in [2.05, 4.69) is 5.43 Å². The summed E-state index contributed by atoms with van der Waals surface area (Å²) >= 11 is 5.82. The molecule has 100 valence electrons. The number of ketones is 1. The van der Waals surface area contributed by atoms with Crippen LogP contribution >= 0.6 is 11.6 Å². The van der Waals surface area contributed by atoms with Crippen LogP contribution in [0.15, 0.2) is 54.6 Å². The van der Waals surface area contributed by atoms with Crippen LogP contribution in [0.25, 0.3) is 0 Å². The molecule has 0 aliphatic carbocycles. The van der Waals surface area contributed by atoms with Gasteiger partial charge in [-0.1, -0.05) is 41.9 Å². The summed E-state index contributed by atoms with van der Waals surface area (Å²) < 4.78 is 0. The molecular formula is C15H11ClN2O2. The molecule has 1 fully saturated rings. The number of hydrazine groups is 1. The molecule has 0 aromatic heterocycles. The molecule has 5 heteroatoms. The molecule has 1 aliphatic heterocycles. The van der Waals surface area contributed by atoms with Crippen LogP contribution < -0.4 is 10.4 Å². The van der Waals surface area contributed by atoms with Gasteiger partial charge in [-0.3, -0.25) is 9.59 Å². The SMILES string of the molecule is O=C1C(=O)N(c2ccc(Cl)cc2)NC1c1ccccc1. The third-order valence-corrected chi connectivity index (χ3v) is 3.40. The second kappa shape index (κ2) is 5.07. The van der Waals surface area contributed by atoms with Crippen LogP contribution in [0.1, 0.15) is 11.6 Å². The van der Waals surface area contributed by atoms with Crippen LogP contribution in [0.4, 0.5) is 5.69 Å². The highest BCUT2D eigenvalue weighted by molar-refractivity contribution is 6.45. The van der Waals surface area contributed by atoms with E-state index in [0.29, 0.717) is 10.7 Å². The molecule has 4 nitrogen and oxygen atoms in total. The van der Waals surface area contributed by atoms with Crippen LogP contribution in [0.3, 0.4) is 0 Å². The predicted octanol–water partition coefficient (Wildman–Crippen LogP) is 2.50. The number of Topliss-reactive ketones (excluding diaryl/α,β-unsaturated/α-hetero) is 1. The van der Waals surface area contributed by atoms with Gasteiger partial charge in [0.05, 0.1) is 5.69 Å². The third-order valence-electron chi connectivity index (χ3n) is 3.15. The second-order valence-electron chi connectivity index (χ2n) is 4.45. The summed E-state index contributed by atoms with van der Waals surface area (Å²) in [5, 5.41) is 1.84. The van der Waals surface area contributed by atoms with E-state index < -0.39 is 17.7 Å². The van der Waals surface area contributed by atoms with Crippen LogP contribution in [0.5, 0.6) is 0 Å². The van der Waals surface area contributed by atoms with Gasteiger partial charge >= 0.3 is 5.91 Å². The number of carbonyl (C=O) groups is 2. The van der Waals surface area contributed by atoms with Gasteiger partial charge in [0.1, 0.15) is 6.04 Å². The number of nitrogens with one attached hydrogen (secondary N) is 1. The average molecular weight is 287 g/mol. The number of anilines is 1. The van der Waals surface area contributed by atoms with Gasteiger partial charge in [-0.25, -0.2) is 10.4 Å². The number of hydrogen-bond donors (Lipinski definition) is 1. The van der Waals surface area contributed by atoms with E-state index in [4.69, 9.17) is 11.6 Å². The Balaban J connectivity index is 1.91. The van der Waals surface area contributed by atoms with E-state index in [1.807, 2.05) is 30.3 Å². The first-order chi connectivity index (χ1) is 9.66. The fraction of sp³-hybridized carbons (Fsp3) is 0.0667. The highest BCUT2D eigenvalue weighted by atomic mass is 35.5. The molecule has 0 bridgehead atoms. The minimum absolute atomic E-state index is 0.467. The van der Waals surface area contributed by atoms with Crippen molar-refractivity contribution in [2.45, 2.75) is 6.04 Å². The Kier molecular flexibility index (Phi) is 3.26. The second-order valence-corrected chi connectivity index (χ2v) is 4.89. The number of halogens is 1. The van der Waals surface area contributed by atoms with E-state index in [-0.39, 0.29) is 0 Å². The molecule has 2 aromatic rings. The first-order valence-electron chi connectivity index (χ1n) is 6.12. The summed E-state index contributed by atoms with van der Waals surface area (Å²) in [5.74, 6) is -1.03. The molecule has 1 aliphatic rings. The molecule has 1 amide bonds. The number of carbonyl (C=O) groups excluding carboxylic acids is 2. The Labute approximate surface area is 120 Å². The topological polar surface area (TPSA) is 49.4 Å². The molecule has 20 heavy (non-hydrogen) atoms. The molecule has 2 aromatic carbocycles. The molecule has 3 rings (SSSR count). The van der Waals surface area contributed by atoms with Crippen molar-refractivity contribution in [2.24, 2.45) is 0 Å². The number of hydrogen-bond acceptors (Lipinski definition) is 3. The van der Waals surface area contributed by atoms with Gasteiger partial charge in [0.25, 0.3) is 0 Å². The molecule has 0 radical (unpaired) electrons. The number of rotatable bonds is 2. The van der Waals surface area contributed by atoms with Gasteiger partial charge in [-0.2, -0.15) is 0 Å². The molecule has 1 heterocycles. The van der Waals surface area contributed by atoms with E-state index >= 15 is 0 Å². The minimum atomic E-state index is -0.639. The van der Waals surface area contributed by atoms with Gasteiger partial charge in [0.15, 0.2) is 0 Å². The standard InChI is InChI=1S/C15H11ClN2O2/c16-11-6-8-12(9-7-11)18-15(20)14(19)13(17-18)10-4-2-1-3-5-10/h1-9,13,17H. The van der Waals surface area contributed by atoms with E-state index in [0.717, 1.165) is 5.56 Å². The summed E-state index contributed by atoms with van der Waals surface area (Å²) in [7, 11) is 0. The lowest BCUT2D eigenvalue weighted by Gasteiger charge is -2.16. The molecule has 0 spiro atoms.